The number of piperazine rings is 1. The number of nitrogens with zero attached hydrogens (tertiary/aromatic N) is 2. The molecule has 28 heavy (non-hydrogen) atoms. The standard InChI is InChI=1S/C20H23FN2O3S2/c1-14-6-7-17-15(12-14)13-18(27-17)20(24)22-8-10-23(11-9-22)28(25,26)19-5-3-2-4-16(19)21/h2-5,13-14H,6-12H2,1H3/t14-/m0/s1. The second-order valence-electron chi connectivity index (χ2n) is 7.53. The minimum Gasteiger partial charge on any atom is -0.335 e. The molecule has 5 nitrogen and oxygen atoms in total. The number of hydrogen-bond donors (Lipinski definition) is 0. The molecule has 0 N–H and O–H groups in total. The van der Waals surface area contributed by atoms with E-state index in [0.717, 1.165) is 30.2 Å². The topological polar surface area (TPSA) is 57.7 Å². The van der Waals surface area contributed by atoms with E-state index >= 15 is 0 Å². The molecule has 1 fully saturated rings. The lowest BCUT2D eigenvalue weighted by Gasteiger charge is -2.33. The van der Waals surface area contributed by atoms with Crippen molar-refractivity contribution in [1.82, 2.24) is 9.21 Å². The van der Waals surface area contributed by atoms with E-state index in [0.29, 0.717) is 19.0 Å². The summed E-state index contributed by atoms with van der Waals surface area (Å²) in [6.45, 7) is 3.20. The number of amides is 1. The average Bonchev–Trinajstić information content (AvgIpc) is 3.11. The summed E-state index contributed by atoms with van der Waals surface area (Å²) in [6.07, 6.45) is 3.21. The quantitative estimate of drug-likeness (QED) is 0.764. The highest BCUT2D eigenvalue weighted by Crippen LogP contribution is 2.33. The zero-order valence-corrected chi connectivity index (χ0v) is 17.4. The third-order valence-corrected chi connectivity index (χ3v) is 8.68. The van der Waals surface area contributed by atoms with E-state index in [-0.39, 0.29) is 23.9 Å². The molecule has 0 saturated carbocycles. The Morgan fingerprint density at radius 3 is 2.61 bits per heavy atom. The maximum atomic E-state index is 13.9. The van der Waals surface area contributed by atoms with Crippen molar-refractivity contribution in [3.63, 3.8) is 0 Å². The van der Waals surface area contributed by atoms with Crippen molar-refractivity contribution >= 4 is 27.3 Å². The molecule has 2 aromatic rings. The summed E-state index contributed by atoms with van der Waals surface area (Å²) >= 11 is 1.57. The molecule has 8 heteroatoms. The molecule has 2 aliphatic rings. The normalized spacial score (nSPS) is 20.8. The van der Waals surface area contributed by atoms with E-state index in [2.05, 4.69) is 6.92 Å². The van der Waals surface area contributed by atoms with Crippen molar-refractivity contribution in [2.75, 3.05) is 26.2 Å². The van der Waals surface area contributed by atoms with Gasteiger partial charge in [0.05, 0.1) is 4.88 Å². The average molecular weight is 423 g/mol. The first-order valence-corrected chi connectivity index (χ1v) is 11.8. The maximum absolute atomic E-state index is 13.9. The summed E-state index contributed by atoms with van der Waals surface area (Å²) in [5.41, 5.74) is 1.29. The minimum absolute atomic E-state index is 0.0324. The lowest BCUT2D eigenvalue weighted by molar-refractivity contribution is 0.0702. The molecule has 1 saturated heterocycles. The molecule has 1 aliphatic carbocycles. The van der Waals surface area contributed by atoms with Crippen LogP contribution in [0.15, 0.2) is 35.2 Å². The number of halogens is 1. The Morgan fingerprint density at radius 2 is 1.89 bits per heavy atom. The van der Waals surface area contributed by atoms with Gasteiger partial charge in [-0.15, -0.1) is 11.3 Å². The van der Waals surface area contributed by atoms with E-state index in [4.69, 9.17) is 0 Å². The van der Waals surface area contributed by atoms with Gasteiger partial charge in [0.15, 0.2) is 0 Å². The summed E-state index contributed by atoms with van der Waals surface area (Å²) in [7, 11) is -3.89. The predicted octanol–water partition coefficient (Wildman–Crippen LogP) is 3.16. The van der Waals surface area contributed by atoms with Crippen LogP contribution in [0.1, 0.15) is 33.5 Å². The fourth-order valence-electron chi connectivity index (χ4n) is 3.89. The number of rotatable bonds is 3. The van der Waals surface area contributed by atoms with Crippen molar-refractivity contribution in [3.05, 3.63) is 51.5 Å². The molecule has 1 aromatic carbocycles. The molecule has 1 aliphatic heterocycles. The molecule has 0 radical (unpaired) electrons. The first kappa shape index (κ1) is 19.5. The fraction of sp³-hybridized carbons (Fsp3) is 0.450. The van der Waals surface area contributed by atoms with E-state index in [1.165, 1.54) is 32.9 Å². The maximum Gasteiger partial charge on any atom is 0.264 e. The largest absolute Gasteiger partial charge is 0.335 e. The number of fused-ring (bicyclic) bond motifs is 1. The summed E-state index contributed by atoms with van der Waals surface area (Å²) in [4.78, 5) is 16.3. The van der Waals surface area contributed by atoms with Crippen molar-refractivity contribution in [3.8, 4) is 0 Å². The second kappa shape index (κ2) is 7.57. The Morgan fingerprint density at radius 1 is 1.18 bits per heavy atom. The summed E-state index contributed by atoms with van der Waals surface area (Å²) in [5.74, 6) is -0.133. The second-order valence-corrected chi connectivity index (χ2v) is 10.6. The summed E-state index contributed by atoms with van der Waals surface area (Å²) in [5, 5.41) is 0. The van der Waals surface area contributed by atoms with E-state index < -0.39 is 15.8 Å². The van der Waals surface area contributed by atoms with Gasteiger partial charge in [0.1, 0.15) is 10.7 Å². The molecule has 4 rings (SSSR count). The van der Waals surface area contributed by atoms with Gasteiger partial charge >= 0.3 is 0 Å². The molecular formula is C20H23FN2O3S2. The Kier molecular flexibility index (Phi) is 5.28. The van der Waals surface area contributed by atoms with Gasteiger partial charge in [0.25, 0.3) is 5.91 Å². The number of sulfonamides is 1. The molecule has 1 atom stereocenters. The van der Waals surface area contributed by atoms with Gasteiger partial charge < -0.3 is 4.90 Å². The Hall–Kier alpha value is -1.77. The van der Waals surface area contributed by atoms with Crippen LogP contribution in [0.5, 0.6) is 0 Å². The zero-order valence-electron chi connectivity index (χ0n) is 15.7. The van der Waals surface area contributed by atoms with E-state index in [1.807, 2.05) is 6.07 Å². The zero-order chi connectivity index (χ0) is 19.9. The van der Waals surface area contributed by atoms with Crippen molar-refractivity contribution < 1.29 is 17.6 Å². The predicted molar refractivity (Wildman–Crippen MR) is 107 cm³/mol. The van der Waals surface area contributed by atoms with Crippen LogP contribution in [-0.2, 0) is 22.9 Å². The number of aryl methyl sites for hydroxylation is 1. The lowest BCUT2D eigenvalue weighted by Crippen LogP contribution is -2.50. The van der Waals surface area contributed by atoms with Gasteiger partial charge in [0.2, 0.25) is 10.0 Å². The highest BCUT2D eigenvalue weighted by atomic mass is 32.2. The highest BCUT2D eigenvalue weighted by Gasteiger charge is 2.32. The van der Waals surface area contributed by atoms with Crippen molar-refractivity contribution in [2.24, 2.45) is 5.92 Å². The van der Waals surface area contributed by atoms with Gasteiger partial charge in [-0.3, -0.25) is 4.79 Å². The van der Waals surface area contributed by atoms with E-state index in [1.54, 1.807) is 16.2 Å². The Balaban J connectivity index is 1.44. The van der Waals surface area contributed by atoms with Gasteiger partial charge in [-0.25, -0.2) is 12.8 Å². The van der Waals surface area contributed by atoms with Crippen molar-refractivity contribution in [2.45, 2.75) is 31.1 Å². The fourth-order valence-corrected chi connectivity index (χ4v) is 6.56. The number of carbonyl (C=O) groups is 1. The summed E-state index contributed by atoms with van der Waals surface area (Å²) in [6, 6.07) is 7.41. The molecule has 1 amide bonds. The smallest absolute Gasteiger partial charge is 0.264 e. The Bertz CT molecular complexity index is 995. The van der Waals surface area contributed by atoms with Crippen LogP contribution in [0.2, 0.25) is 0 Å². The molecule has 0 bridgehead atoms. The number of hydrogen-bond acceptors (Lipinski definition) is 4. The third-order valence-electron chi connectivity index (χ3n) is 5.52. The number of benzene rings is 1. The van der Waals surface area contributed by atoms with Crippen LogP contribution in [-0.4, -0.2) is 49.7 Å². The SMILES string of the molecule is C[C@H]1CCc2sc(C(=O)N3CCN(S(=O)(=O)c4ccccc4F)CC3)cc2C1. The molecule has 1 aromatic heterocycles. The van der Waals surface area contributed by atoms with Crippen LogP contribution in [0, 0.1) is 11.7 Å². The van der Waals surface area contributed by atoms with Crippen LogP contribution >= 0.6 is 11.3 Å². The first-order valence-electron chi connectivity index (χ1n) is 9.52. The third kappa shape index (κ3) is 3.60. The van der Waals surface area contributed by atoms with Gasteiger partial charge in [-0.1, -0.05) is 19.1 Å². The van der Waals surface area contributed by atoms with Gasteiger partial charge in [-0.2, -0.15) is 4.31 Å². The Labute approximate surface area is 168 Å². The van der Waals surface area contributed by atoms with Gasteiger partial charge in [-0.05, 0) is 48.9 Å². The number of thiophene rings is 1. The van der Waals surface area contributed by atoms with Crippen LogP contribution in [0.4, 0.5) is 4.39 Å². The van der Waals surface area contributed by atoms with Crippen molar-refractivity contribution in [1.29, 1.82) is 0 Å². The number of carbonyl (C=O) groups excluding carboxylic acids is 1. The lowest BCUT2D eigenvalue weighted by atomic mass is 9.90. The van der Waals surface area contributed by atoms with Gasteiger partial charge in [0, 0.05) is 31.1 Å². The summed E-state index contributed by atoms with van der Waals surface area (Å²) < 4.78 is 40.6. The molecule has 150 valence electrons. The van der Waals surface area contributed by atoms with Crippen LogP contribution < -0.4 is 0 Å². The molecule has 2 heterocycles. The minimum atomic E-state index is -3.89. The molecule has 0 unspecified atom stereocenters. The van der Waals surface area contributed by atoms with Crippen LogP contribution in [0.3, 0.4) is 0 Å². The molecular weight excluding hydrogens is 399 g/mol. The first-order chi connectivity index (χ1) is 13.4. The van der Waals surface area contributed by atoms with Crippen LogP contribution in [0.25, 0.3) is 0 Å². The molecule has 0 spiro atoms. The highest BCUT2D eigenvalue weighted by molar-refractivity contribution is 7.89. The monoisotopic (exact) mass is 422 g/mol. The van der Waals surface area contributed by atoms with E-state index in [9.17, 15) is 17.6 Å².